The fraction of sp³-hybridized carbons (Fsp3) is 0.857. The van der Waals surface area contributed by atoms with Crippen molar-refractivity contribution < 1.29 is 4.74 Å². The highest BCUT2D eigenvalue weighted by atomic mass is 32.2. The van der Waals surface area contributed by atoms with Gasteiger partial charge in [-0.3, -0.25) is 4.57 Å². The predicted octanol–water partition coefficient (Wildman–Crippen LogP) is 2.78. The van der Waals surface area contributed by atoms with Crippen molar-refractivity contribution in [1.82, 2.24) is 14.8 Å². The Morgan fingerprint density at radius 1 is 1.20 bits per heavy atom. The van der Waals surface area contributed by atoms with Gasteiger partial charge in [-0.2, -0.15) is 0 Å². The lowest BCUT2D eigenvalue weighted by Gasteiger charge is -2.23. The summed E-state index contributed by atoms with van der Waals surface area (Å²) < 4.78 is 8.45. The average molecular weight is 294 g/mol. The first kappa shape index (κ1) is 13.0. The summed E-state index contributed by atoms with van der Waals surface area (Å²) in [6.45, 7) is 0. The van der Waals surface area contributed by atoms with E-state index in [4.69, 9.17) is 10.5 Å². The van der Waals surface area contributed by atoms with Crippen molar-refractivity contribution in [2.75, 3.05) is 11.5 Å². The molecule has 1 unspecified atom stereocenters. The molecule has 0 amide bonds. The summed E-state index contributed by atoms with van der Waals surface area (Å²) in [5.74, 6) is 1.54. The van der Waals surface area contributed by atoms with Gasteiger partial charge < -0.3 is 10.5 Å². The molecule has 5 nitrogen and oxygen atoms in total. The quantitative estimate of drug-likeness (QED) is 0.865. The van der Waals surface area contributed by atoms with Crippen LogP contribution in [0.15, 0.2) is 5.16 Å². The SMILES string of the molecule is Nc1nnc(SCC2CCC3(CCCC3)O2)n1C1CC1. The number of thioether (sulfide) groups is 1. The second-order valence-electron chi connectivity index (χ2n) is 6.42. The molecule has 0 radical (unpaired) electrons. The van der Waals surface area contributed by atoms with Crippen LogP contribution in [0.2, 0.25) is 0 Å². The van der Waals surface area contributed by atoms with Crippen LogP contribution in [0.3, 0.4) is 0 Å². The minimum Gasteiger partial charge on any atom is -0.371 e. The van der Waals surface area contributed by atoms with E-state index in [0.717, 1.165) is 10.9 Å². The number of hydrogen-bond acceptors (Lipinski definition) is 5. The largest absolute Gasteiger partial charge is 0.371 e. The lowest BCUT2D eigenvalue weighted by Crippen LogP contribution is -2.25. The molecule has 0 aromatic carbocycles. The number of hydrogen-bond donors (Lipinski definition) is 1. The van der Waals surface area contributed by atoms with E-state index in [2.05, 4.69) is 14.8 Å². The summed E-state index contributed by atoms with van der Waals surface area (Å²) >= 11 is 1.76. The molecule has 2 saturated carbocycles. The Bertz CT molecular complexity index is 493. The van der Waals surface area contributed by atoms with Crippen LogP contribution < -0.4 is 5.73 Å². The van der Waals surface area contributed by atoms with Gasteiger partial charge in [0.25, 0.3) is 0 Å². The van der Waals surface area contributed by atoms with Gasteiger partial charge in [0.2, 0.25) is 5.95 Å². The highest BCUT2D eigenvalue weighted by Crippen LogP contribution is 2.45. The molecule has 2 N–H and O–H groups in total. The third-order valence-electron chi connectivity index (χ3n) is 4.85. The Balaban J connectivity index is 1.37. The summed E-state index contributed by atoms with van der Waals surface area (Å²) in [5.41, 5.74) is 6.14. The molecule has 4 rings (SSSR count). The molecular formula is C14H22N4OS. The van der Waals surface area contributed by atoms with Crippen LogP contribution >= 0.6 is 11.8 Å². The summed E-state index contributed by atoms with van der Waals surface area (Å²) in [6, 6.07) is 0.540. The minimum absolute atomic E-state index is 0.231. The van der Waals surface area contributed by atoms with Crippen LogP contribution in [0, 0.1) is 0 Å². The van der Waals surface area contributed by atoms with Crippen LogP contribution in [0.25, 0.3) is 0 Å². The fourth-order valence-corrected chi connectivity index (χ4v) is 4.68. The molecule has 6 heteroatoms. The van der Waals surface area contributed by atoms with Gasteiger partial charge in [0, 0.05) is 11.8 Å². The third kappa shape index (κ3) is 2.33. The third-order valence-corrected chi connectivity index (χ3v) is 5.93. The molecule has 3 fully saturated rings. The maximum absolute atomic E-state index is 6.34. The Hall–Kier alpha value is -0.750. The number of nitrogen functional groups attached to an aromatic ring is 1. The summed E-state index contributed by atoms with van der Waals surface area (Å²) in [4.78, 5) is 0. The number of rotatable bonds is 4. The van der Waals surface area contributed by atoms with Crippen molar-refractivity contribution in [2.45, 2.75) is 74.3 Å². The number of nitrogens with two attached hydrogens (primary N) is 1. The molecule has 2 heterocycles. The van der Waals surface area contributed by atoms with Gasteiger partial charge >= 0.3 is 0 Å². The monoisotopic (exact) mass is 294 g/mol. The zero-order valence-corrected chi connectivity index (χ0v) is 12.6. The smallest absolute Gasteiger partial charge is 0.222 e. The van der Waals surface area contributed by atoms with Crippen LogP contribution in [0.5, 0.6) is 0 Å². The second-order valence-corrected chi connectivity index (χ2v) is 7.41. The molecule has 20 heavy (non-hydrogen) atoms. The van der Waals surface area contributed by atoms with Crippen molar-refractivity contribution in [2.24, 2.45) is 0 Å². The van der Waals surface area contributed by atoms with E-state index in [1.54, 1.807) is 11.8 Å². The van der Waals surface area contributed by atoms with Crippen molar-refractivity contribution >= 4 is 17.7 Å². The molecule has 110 valence electrons. The Morgan fingerprint density at radius 2 is 2.00 bits per heavy atom. The zero-order valence-electron chi connectivity index (χ0n) is 11.8. The minimum atomic E-state index is 0.231. The molecule has 1 aromatic rings. The summed E-state index contributed by atoms with van der Waals surface area (Å²) in [7, 11) is 0. The first-order chi connectivity index (χ1) is 9.76. The van der Waals surface area contributed by atoms with Crippen LogP contribution in [-0.2, 0) is 4.74 Å². The second kappa shape index (κ2) is 4.91. The van der Waals surface area contributed by atoms with Gasteiger partial charge in [0.05, 0.1) is 11.7 Å². The van der Waals surface area contributed by atoms with Gasteiger partial charge in [-0.05, 0) is 38.5 Å². The molecule has 0 bridgehead atoms. The number of aromatic nitrogens is 3. The van der Waals surface area contributed by atoms with Gasteiger partial charge in [0.1, 0.15) is 0 Å². The zero-order chi connectivity index (χ0) is 13.6. The van der Waals surface area contributed by atoms with E-state index in [1.807, 2.05) is 0 Å². The molecule has 1 aliphatic heterocycles. The lowest BCUT2D eigenvalue weighted by molar-refractivity contribution is -0.0267. The van der Waals surface area contributed by atoms with Gasteiger partial charge in [-0.15, -0.1) is 10.2 Å². The first-order valence-electron chi connectivity index (χ1n) is 7.77. The highest BCUT2D eigenvalue weighted by molar-refractivity contribution is 7.99. The predicted molar refractivity (Wildman–Crippen MR) is 78.7 cm³/mol. The molecule has 1 aromatic heterocycles. The molecule has 2 aliphatic carbocycles. The fourth-order valence-electron chi connectivity index (χ4n) is 3.63. The Morgan fingerprint density at radius 3 is 2.75 bits per heavy atom. The lowest BCUT2D eigenvalue weighted by atomic mass is 9.98. The van der Waals surface area contributed by atoms with Crippen LogP contribution in [0.1, 0.15) is 57.4 Å². The van der Waals surface area contributed by atoms with Gasteiger partial charge in [0.15, 0.2) is 5.16 Å². The molecule has 1 atom stereocenters. The van der Waals surface area contributed by atoms with Crippen LogP contribution in [0.4, 0.5) is 5.95 Å². The Kier molecular flexibility index (Phi) is 3.18. The van der Waals surface area contributed by atoms with E-state index in [0.29, 0.717) is 18.1 Å². The van der Waals surface area contributed by atoms with Gasteiger partial charge in [-0.1, -0.05) is 24.6 Å². The van der Waals surface area contributed by atoms with Crippen molar-refractivity contribution in [3.63, 3.8) is 0 Å². The average Bonchev–Trinajstić information content (AvgIpc) is 2.89. The maximum Gasteiger partial charge on any atom is 0.222 e. The number of nitrogens with zero attached hydrogens (tertiary/aromatic N) is 3. The van der Waals surface area contributed by atoms with Crippen molar-refractivity contribution in [1.29, 1.82) is 0 Å². The normalized spacial score (nSPS) is 28.5. The molecular weight excluding hydrogens is 272 g/mol. The first-order valence-corrected chi connectivity index (χ1v) is 8.75. The molecule has 1 spiro atoms. The number of ether oxygens (including phenoxy) is 1. The summed E-state index contributed by atoms with van der Waals surface area (Å²) in [6.07, 6.45) is 10.4. The van der Waals surface area contributed by atoms with E-state index in [-0.39, 0.29) is 5.60 Å². The van der Waals surface area contributed by atoms with E-state index >= 15 is 0 Å². The maximum atomic E-state index is 6.34. The van der Waals surface area contributed by atoms with Crippen molar-refractivity contribution in [3.8, 4) is 0 Å². The van der Waals surface area contributed by atoms with E-state index in [9.17, 15) is 0 Å². The number of anilines is 1. The highest BCUT2D eigenvalue weighted by Gasteiger charge is 2.42. The standard InChI is InChI=1S/C14H22N4OS/c15-12-16-17-13(18(12)10-3-4-10)20-9-11-5-8-14(19-11)6-1-2-7-14/h10-11H,1-9H2,(H2,15,16). The van der Waals surface area contributed by atoms with E-state index in [1.165, 1.54) is 51.4 Å². The van der Waals surface area contributed by atoms with Crippen molar-refractivity contribution in [3.05, 3.63) is 0 Å². The van der Waals surface area contributed by atoms with E-state index < -0.39 is 0 Å². The van der Waals surface area contributed by atoms with Crippen LogP contribution in [-0.4, -0.2) is 32.2 Å². The molecule has 3 aliphatic rings. The molecule has 1 saturated heterocycles. The summed E-state index contributed by atoms with van der Waals surface area (Å²) in [5, 5.41) is 9.22. The topological polar surface area (TPSA) is 66.0 Å². The Labute approximate surface area is 123 Å². The van der Waals surface area contributed by atoms with Gasteiger partial charge in [-0.25, -0.2) is 0 Å².